The molecule has 0 spiro atoms. The van der Waals surface area contributed by atoms with Crippen LogP contribution in [0.4, 0.5) is 4.79 Å². The van der Waals surface area contributed by atoms with Gasteiger partial charge in [0.25, 0.3) is 0 Å². The van der Waals surface area contributed by atoms with E-state index >= 15 is 0 Å². The fourth-order valence-electron chi connectivity index (χ4n) is 1.06. The Morgan fingerprint density at radius 2 is 1.77 bits per heavy atom. The zero-order valence-corrected chi connectivity index (χ0v) is 7.11. The van der Waals surface area contributed by atoms with E-state index in [0.717, 1.165) is 9.80 Å². The molecule has 0 aliphatic carbocycles. The predicted molar refractivity (Wildman–Crippen MR) is 43.3 cm³/mol. The average molecular weight is 180 g/mol. The molecule has 0 aromatic rings. The highest BCUT2D eigenvalue weighted by Gasteiger charge is 2.42. The lowest BCUT2D eigenvalue weighted by Crippen LogP contribution is -2.33. The SMILES string of the molecule is C#CCN1C(=O)C(=O)N(CC)C1=O. The highest BCUT2D eigenvalue weighted by Crippen LogP contribution is 2.10. The van der Waals surface area contributed by atoms with Gasteiger partial charge in [0, 0.05) is 6.54 Å². The highest BCUT2D eigenvalue weighted by molar-refractivity contribution is 6.44. The topological polar surface area (TPSA) is 57.7 Å². The van der Waals surface area contributed by atoms with E-state index < -0.39 is 17.8 Å². The fraction of sp³-hybridized carbons (Fsp3) is 0.375. The summed E-state index contributed by atoms with van der Waals surface area (Å²) < 4.78 is 0. The lowest BCUT2D eigenvalue weighted by molar-refractivity contribution is -0.143. The van der Waals surface area contributed by atoms with Crippen molar-refractivity contribution >= 4 is 17.8 Å². The second-order valence-corrected chi connectivity index (χ2v) is 2.43. The Labute approximate surface area is 75.3 Å². The van der Waals surface area contributed by atoms with Crippen LogP contribution in [-0.4, -0.2) is 40.7 Å². The first-order valence-corrected chi connectivity index (χ1v) is 3.74. The quantitative estimate of drug-likeness (QED) is 0.325. The molecule has 1 rings (SSSR count). The van der Waals surface area contributed by atoms with Crippen molar-refractivity contribution in [3.8, 4) is 12.3 Å². The number of carbonyl (C=O) groups excluding carboxylic acids is 3. The summed E-state index contributed by atoms with van der Waals surface area (Å²) in [6, 6.07) is -0.629. The highest BCUT2D eigenvalue weighted by atomic mass is 16.2. The Morgan fingerprint density at radius 3 is 2.15 bits per heavy atom. The van der Waals surface area contributed by atoms with Crippen LogP contribution in [0.15, 0.2) is 0 Å². The number of terminal acetylenes is 1. The summed E-state index contributed by atoms with van der Waals surface area (Å²) in [5.74, 6) is 0.495. The third-order valence-corrected chi connectivity index (χ3v) is 1.70. The van der Waals surface area contributed by atoms with Gasteiger partial charge >= 0.3 is 17.8 Å². The van der Waals surface area contributed by atoms with E-state index in [1.165, 1.54) is 0 Å². The lowest BCUT2D eigenvalue weighted by Gasteiger charge is -2.10. The van der Waals surface area contributed by atoms with E-state index in [4.69, 9.17) is 6.42 Å². The van der Waals surface area contributed by atoms with Crippen molar-refractivity contribution < 1.29 is 14.4 Å². The minimum absolute atomic E-state index is 0.153. The van der Waals surface area contributed by atoms with E-state index in [1.54, 1.807) is 6.92 Å². The number of hydrogen-bond acceptors (Lipinski definition) is 3. The van der Waals surface area contributed by atoms with Crippen molar-refractivity contribution in [2.24, 2.45) is 0 Å². The summed E-state index contributed by atoms with van der Waals surface area (Å²) in [6.45, 7) is 1.65. The smallest absolute Gasteiger partial charge is 0.263 e. The predicted octanol–water partition coefficient (Wildman–Crippen LogP) is -0.570. The third-order valence-electron chi connectivity index (χ3n) is 1.70. The number of hydrogen-bond donors (Lipinski definition) is 0. The molecule has 1 fully saturated rings. The number of rotatable bonds is 2. The molecule has 5 nitrogen and oxygen atoms in total. The van der Waals surface area contributed by atoms with Gasteiger partial charge < -0.3 is 0 Å². The zero-order chi connectivity index (χ0) is 10.0. The van der Waals surface area contributed by atoms with Crippen LogP contribution >= 0.6 is 0 Å². The van der Waals surface area contributed by atoms with E-state index in [2.05, 4.69) is 5.92 Å². The van der Waals surface area contributed by atoms with Crippen molar-refractivity contribution in [2.75, 3.05) is 13.1 Å². The van der Waals surface area contributed by atoms with Gasteiger partial charge in [0.05, 0.1) is 6.54 Å². The van der Waals surface area contributed by atoms with Gasteiger partial charge in [0.1, 0.15) is 0 Å². The van der Waals surface area contributed by atoms with Gasteiger partial charge in [-0.25, -0.2) is 9.69 Å². The first-order chi connectivity index (χ1) is 6.13. The first kappa shape index (κ1) is 9.26. The number of likely N-dealkylation sites (N-methyl/N-ethyl adjacent to an activating group) is 1. The summed E-state index contributed by atoms with van der Waals surface area (Å²) in [7, 11) is 0. The molecule has 4 amide bonds. The van der Waals surface area contributed by atoms with Gasteiger partial charge in [-0.05, 0) is 6.92 Å². The molecular weight excluding hydrogens is 172 g/mol. The number of amides is 4. The van der Waals surface area contributed by atoms with Gasteiger partial charge in [0.15, 0.2) is 0 Å². The van der Waals surface area contributed by atoms with Crippen LogP contribution in [0.3, 0.4) is 0 Å². The maximum Gasteiger partial charge on any atom is 0.335 e. The van der Waals surface area contributed by atoms with Crippen LogP contribution < -0.4 is 0 Å². The Hall–Kier alpha value is -1.83. The van der Waals surface area contributed by atoms with Crippen molar-refractivity contribution in [3.05, 3.63) is 0 Å². The fourth-order valence-corrected chi connectivity index (χ4v) is 1.06. The molecule has 0 aromatic heterocycles. The van der Waals surface area contributed by atoms with Crippen molar-refractivity contribution in [1.29, 1.82) is 0 Å². The molecule has 1 aliphatic rings. The molecule has 1 heterocycles. The number of carbonyl (C=O) groups is 3. The molecular formula is C8H8N2O3. The second kappa shape index (κ2) is 3.27. The summed E-state index contributed by atoms with van der Waals surface area (Å²) in [5.41, 5.74) is 0. The van der Waals surface area contributed by atoms with Crippen molar-refractivity contribution in [3.63, 3.8) is 0 Å². The van der Waals surface area contributed by atoms with Crippen LogP contribution in [0, 0.1) is 12.3 Å². The van der Waals surface area contributed by atoms with Crippen LogP contribution in [0.5, 0.6) is 0 Å². The molecule has 0 aromatic carbocycles. The van der Waals surface area contributed by atoms with Crippen LogP contribution in [0.1, 0.15) is 6.92 Å². The third kappa shape index (κ3) is 1.26. The zero-order valence-electron chi connectivity index (χ0n) is 7.11. The van der Waals surface area contributed by atoms with Crippen molar-refractivity contribution in [1.82, 2.24) is 9.80 Å². The normalized spacial score (nSPS) is 16.8. The van der Waals surface area contributed by atoms with E-state index in [-0.39, 0.29) is 13.1 Å². The first-order valence-electron chi connectivity index (χ1n) is 3.74. The molecule has 68 valence electrons. The largest absolute Gasteiger partial charge is 0.335 e. The monoisotopic (exact) mass is 180 g/mol. The van der Waals surface area contributed by atoms with Crippen LogP contribution in [0.25, 0.3) is 0 Å². The molecule has 0 bridgehead atoms. The van der Waals surface area contributed by atoms with Crippen molar-refractivity contribution in [2.45, 2.75) is 6.92 Å². The number of imide groups is 2. The Bertz CT molecular complexity index is 316. The maximum absolute atomic E-state index is 11.3. The lowest BCUT2D eigenvalue weighted by atomic mass is 10.5. The summed E-state index contributed by atoms with van der Waals surface area (Å²) in [6.07, 6.45) is 4.94. The number of urea groups is 1. The Morgan fingerprint density at radius 1 is 1.23 bits per heavy atom. The van der Waals surface area contributed by atoms with Crippen LogP contribution in [0.2, 0.25) is 0 Å². The molecule has 0 N–H and O–H groups in total. The van der Waals surface area contributed by atoms with E-state index in [1.807, 2.05) is 0 Å². The molecule has 1 aliphatic heterocycles. The average Bonchev–Trinajstić information content (AvgIpc) is 2.31. The summed E-state index contributed by atoms with van der Waals surface area (Å²) >= 11 is 0. The molecule has 13 heavy (non-hydrogen) atoms. The second-order valence-electron chi connectivity index (χ2n) is 2.43. The summed E-state index contributed by atoms with van der Waals surface area (Å²) in [4.78, 5) is 35.0. The van der Waals surface area contributed by atoms with Gasteiger partial charge in [-0.15, -0.1) is 6.42 Å². The number of nitrogens with zero attached hydrogens (tertiary/aromatic N) is 2. The van der Waals surface area contributed by atoms with Gasteiger partial charge in [-0.2, -0.15) is 0 Å². The molecule has 0 atom stereocenters. The summed E-state index contributed by atoms with van der Waals surface area (Å²) in [5, 5.41) is 0. The van der Waals surface area contributed by atoms with E-state index in [9.17, 15) is 14.4 Å². The van der Waals surface area contributed by atoms with E-state index in [0.29, 0.717) is 0 Å². The van der Waals surface area contributed by atoms with Gasteiger partial charge in [0.2, 0.25) is 0 Å². The molecule has 0 radical (unpaired) electrons. The molecule has 0 unspecified atom stereocenters. The maximum atomic E-state index is 11.3. The minimum Gasteiger partial charge on any atom is -0.263 e. The Kier molecular flexibility index (Phi) is 2.33. The minimum atomic E-state index is -0.843. The molecule has 0 saturated carbocycles. The van der Waals surface area contributed by atoms with Gasteiger partial charge in [-0.3, -0.25) is 14.5 Å². The Balaban J connectivity index is 2.93. The van der Waals surface area contributed by atoms with Gasteiger partial charge in [-0.1, -0.05) is 5.92 Å². The molecule has 1 saturated heterocycles. The standard InChI is InChI=1S/C8H8N2O3/c1-3-5-10-7(12)6(11)9(4-2)8(10)13/h1H,4-5H2,2H3. The molecule has 5 heteroatoms. The van der Waals surface area contributed by atoms with Crippen LogP contribution in [-0.2, 0) is 9.59 Å².